The summed E-state index contributed by atoms with van der Waals surface area (Å²) in [5.74, 6) is 0.715. The highest BCUT2D eigenvalue weighted by Crippen LogP contribution is 2.33. The molecular formula is C24H40N4O3S. The summed E-state index contributed by atoms with van der Waals surface area (Å²) < 4.78 is 14.8. The summed E-state index contributed by atoms with van der Waals surface area (Å²) in [4.78, 5) is 1.04. The van der Waals surface area contributed by atoms with Crippen molar-refractivity contribution in [2.75, 3.05) is 0 Å². The number of benzene rings is 1. The summed E-state index contributed by atoms with van der Waals surface area (Å²) in [6, 6.07) is 10.1. The molecular weight excluding hydrogens is 424 g/mol. The Balaban J connectivity index is 0.000000795. The van der Waals surface area contributed by atoms with Crippen molar-refractivity contribution in [3.05, 3.63) is 42.2 Å². The van der Waals surface area contributed by atoms with Crippen LogP contribution in [0.3, 0.4) is 0 Å². The number of nitrogens with zero attached hydrogens (tertiary/aromatic N) is 3. The van der Waals surface area contributed by atoms with E-state index in [9.17, 15) is 4.21 Å². The van der Waals surface area contributed by atoms with Gasteiger partial charge in [-0.2, -0.15) is 15.8 Å². The van der Waals surface area contributed by atoms with Crippen molar-refractivity contribution in [3.63, 3.8) is 0 Å². The first-order valence-corrected chi connectivity index (χ1v) is 12.6. The van der Waals surface area contributed by atoms with Crippen molar-refractivity contribution in [2.24, 2.45) is 5.92 Å². The summed E-state index contributed by atoms with van der Waals surface area (Å²) in [6.45, 7) is 8.44. The molecule has 0 spiro atoms. The second kappa shape index (κ2) is 13.5. The van der Waals surface area contributed by atoms with Gasteiger partial charge in [-0.15, -0.1) is 0 Å². The Bertz CT molecular complexity index is 882. The molecule has 1 aromatic heterocycles. The number of aromatic nitrogens is 2. The fourth-order valence-electron chi connectivity index (χ4n) is 3.69. The van der Waals surface area contributed by atoms with Crippen molar-refractivity contribution in [1.29, 1.82) is 5.26 Å². The second-order valence-electron chi connectivity index (χ2n) is 8.14. The van der Waals surface area contributed by atoms with Gasteiger partial charge in [-0.3, -0.25) is 4.21 Å². The summed E-state index contributed by atoms with van der Waals surface area (Å²) in [7, 11) is -0.877. The van der Waals surface area contributed by atoms with Crippen LogP contribution < -0.4 is 5.48 Å². The molecule has 2 fully saturated rings. The van der Waals surface area contributed by atoms with Gasteiger partial charge >= 0.3 is 0 Å². The Morgan fingerprint density at radius 3 is 2.53 bits per heavy atom. The van der Waals surface area contributed by atoms with Crippen LogP contribution in [0.15, 0.2) is 41.6 Å². The standard InChI is InChI=1S/C18H24N2OS.C4H6N2O.C2H6.H2O.H2/c1-3-5-15-13-16(20-11-4-10-19-20)7-9-18(15)22(21)17-8-6-14(2)12-17;5-3-4(6-7)1-2-4;1-2;;/h4,7,9-11,13-14,17H,3,5-6,8,12H2,1-2H3;6-7H,1-2H2;1-2H3;1H2;1H/t14-,17+,22?;;;;/m1..../s1. The maximum Gasteiger partial charge on any atom is 0.129 e. The molecule has 0 radical (unpaired) electrons. The monoisotopic (exact) mass is 464 g/mol. The van der Waals surface area contributed by atoms with Gasteiger partial charge in [-0.1, -0.05) is 34.1 Å². The Labute approximate surface area is 196 Å². The lowest BCUT2D eigenvalue weighted by atomic mass is 10.1. The topological polar surface area (TPSA) is 122 Å². The highest BCUT2D eigenvalue weighted by Gasteiger charge is 2.42. The Kier molecular flexibility index (Phi) is 11.8. The minimum absolute atomic E-state index is 0. The maximum absolute atomic E-state index is 13.0. The predicted octanol–water partition coefficient (Wildman–Crippen LogP) is 4.59. The molecule has 4 rings (SSSR count). The van der Waals surface area contributed by atoms with Crippen LogP contribution in [-0.4, -0.2) is 35.5 Å². The van der Waals surface area contributed by atoms with E-state index >= 15 is 0 Å². The fourth-order valence-corrected chi connectivity index (χ4v) is 5.53. The predicted molar refractivity (Wildman–Crippen MR) is 130 cm³/mol. The van der Waals surface area contributed by atoms with Crippen molar-refractivity contribution in [2.45, 2.75) is 88.3 Å². The third-order valence-corrected chi connectivity index (χ3v) is 7.54. The van der Waals surface area contributed by atoms with E-state index in [2.05, 4.69) is 31.1 Å². The van der Waals surface area contributed by atoms with Gasteiger partial charge in [-0.05, 0) is 74.3 Å². The van der Waals surface area contributed by atoms with Crippen LogP contribution in [0, 0.1) is 17.2 Å². The van der Waals surface area contributed by atoms with Crippen LogP contribution in [0.2, 0.25) is 0 Å². The molecule has 1 unspecified atom stereocenters. The van der Waals surface area contributed by atoms with Gasteiger partial charge in [0, 0.05) is 24.0 Å². The number of hydrogen-bond acceptors (Lipinski definition) is 5. The molecule has 180 valence electrons. The lowest BCUT2D eigenvalue weighted by Crippen LogP contribution is -2.25. The van der Waals surface area contributed by atoms with E-state index in [1.807, 2.05) is 48.4 Å². The summed E-state index contributed by atoms with van der Waals surface area (Å²) >= 11 is 0. The van der Waals surface area contributed by atoms with Crippen molar-refractivity contribution >= 4 is 10.8 Å². The van der Waals surface area contributed by atoms with Gasteiger partial charge in [0.1, 0.15) is 5.54 Å². The molecule has 1 heterocycles. The van der Waals surface area contributed by atoms with Crippen LogP contribution in [-0.2, 0) is 17.2 Å². The number of nitriles is 1. The zero-order chi connectivity index (χ0) is 22.9. The van der Waals surface area contributed by atoms with E-state index in [0.29, 0.717) is 11.2 Å². The number of rotatable bonds is 6. The Morgan fingerprint density at radius 2 is 2.09 bits per heavy atom. The third kappa shape index (κ3) is 7.24. The lowest BCUT2D eigenvalue weighted by molar-refractivity contribution is 0.137. The highest BCUT2D eigenvalue weighted by molar-refractivity contribution is 7.85. The van der Waals surface area contributed by atoms with Gasteiger partial charge < -0.3 is 10.7 Å². The minimum Gasteiger partial charge on any atom is -0.412 e. The molecule has 0 saturated heterocycles. The zero-order valence-electron chi connectivity index (χ0n) is 19.7. The zero-order valence-corrected chi connectivity index (χ0v) is 20.5. The van der Waals surface area contributed by atoms with E-state index in [4.69, 9.17) is 10.5 Å². The molecule has 2 aliphatic carbocycles. The summed E-state index contributed by atoms with van der Waals surface area (Å²) in [5.41, 5.74) is 3.65. The normalized spacial score (nSPS) is 21.0. The van der Waals surface area contributed by atoms with Crippen LogP contribution in [0.5, 0.6) is 0 Å². The maximum atomic E-state index is 13.0. The largest absolute Gasteiger partial charge is 0.412 e. The van der Waals surface area contributed by atoms with E-state index < -0.39 is 16.3 Å². The first-order valence-electron chi connectivity index (χ1n) is 11.4. The number of hydroxylamine groups is 1. The first-order chi connectivity index (χ1) is 15.0. The molecule has 7 nitrogen and oxygen atoms in total. The average Bonchev–Trinajstić information content (AvgIpc) is 3.16. The Morgan fingerprint density at radius 1 is 1.38 bits per heavy atom. The Hall–Kier alpha value is -2.05. The SMILES string of the molecule is CC.CCCc1cc(-n2cccn2)ccc1S(=O)[C@H]1CC[C@@H](C)C1.N#CC1(NO)CC1.O.[HH]. The fraction of sp³-hybridized carbons (Fsp3) is 0.583. The van der Waals surface area contributed by atoms with E-state index in [0.717, 1.165) is 49.1 Å². The molecule has 8 heteroatoms. The molecule has 3 atom stereocenters. The van der Waals surface area contributed by atoms with Crippen molar-refractivity contribution in [1.82, 2.24) is 15.3 Å². The number of aryl methyl sites for hydroxylation is 1. The molecule has 2 saturated carbocycles. The summed E-state index contributed by atoms with van der Waals surface area (Å²) in [6.07, 6.45) is 10.7. The van der Waals surface area contributed by atoms with Gasteiger partial charge in [-0.25, -0.2) is 4.68 Å². The van der Waals surface area contributed by atoms with Crippen LogP contribution in [0.1, 0.15) is 73.2 Å². The van der Waals surface area contributed by atoms with Gasteiger partial charge in [0.15, 0.2) is 0 Å². The van der Waals surface area contributed by atoms with Crippen LogP contribution in [0.25, 0.3) is 5.69 Å². The molecule has 0 aliphatic heterocycles. The van der Waals surface area contributed by atoms with E-state index in [1.165, 1.54) is 12.0 Å². The minimum atomic E-state index is -0.877. The third-order valence-electron chi connectivity index (χ3n) is 5.68. The van der Waals surface area contributed by atoms with Crippen molar-refractivity contribution < 1.29 is 16.3 Å². The highest BCUT2D eigenvalue weighted by atomic mass is 32.2. The van der Waals surface area contributed by atoms with Crippen LogP contribution in [0.4, 0.5) is 0 Å². The first kappa shape index (κ1) is 28.0. The van der Waals surface area contributed by atoms with Gasteiger partial charge in [0.2, 0.25) is 0 Å². The molecule has 1 aromatic carbocycles. The molecule has 32 heavy (non-hydrogen) atoms. The molecule has 2 aliphatic rings. The molecule has 0 amide bonds. The van der Waals surface area contributed by atoms with E-state index in [1.54, 1.807) is 6.20 Å². The van der Waals surface area contributed by atoms with Crippen LogP contribution >= 0.6 is 0 Å². The molecule has 4 N–H and O–H groups in total. The number of hydrogen-bond donors (Lipinski definition) is 2. The number of nitrogens with one attached hydrogen (secondary N) is 1. The molecule has 0 bridgehead atoms. The van der Waals surface area contributed by atoms with Gasteiger partial charge in [0.05, 0.1) is 22.6 Å². The quantitative estimate of drug-likeness (QED) is 0.605. The van der Waals surface area contributed by atoms with E-state index in [-0.39, 0.29) is 6.90 Å². The van der Waals surface area contributed by atoms with Gasteiger partial charge in [0.25, 0.3) is 0 Å². The lowest BCUT2D eigenvalue weighted by Gasteiger charge is -2.15. The smallest absolute Gasteiger partial charge is 0.129 e. The average molecular weight is 465 g/mol. The summed E-state index contributed by atoms with van der Waals surface area (Å²) in [5, 5.41) is 21.0. The molecule has 2 aromatic rings. The van der Waals surface area contributed by atoms with Crippen molar-refractivity contribution in [3.8, 4) is 11.8 Å². The second-order valence-corrected chi connectivity index (χ2v) is 9.84.